The van der Waals surface area contributed by atoms with E-state index in [1.807, 2.05) is 6.92 Å². The summed E-state index contributed by atoms with van der Waals surface area (Å²) in [7, 11) is -4.16. The van der Waals surface area contributed by atoms with Crippen LogP contribution in [0.3, 0.4) is 0 Å². The van der Waals surface area contributed by atoms with Gasteiger partial charge in [0.25, 0.3) is 5.91 Å². The van der Waals surface area contributed by atoms with Gasteiger partial charge in [0.15, 0.2) is 5.03 Å². The molecule has 0 heterocycles. The van der Waals surface area contributed by atoms with Crippen molar-refractivity contribution in [1.82, 2.24) is 5.32 Å². The molecule has 0 fully saturated rings. The Kier molecular flexibility index (Phi) is 6.94. The molecule has 138 valence electrons. The van der Waals surface area contributed by atoms with Crippen LogP contribution in [0.15, 0.2) is 62.9 Å². The molecule has 5 nitrogen and oxygen atoms in total. The molecule has 0 spiro atoms. The molecule has 9 heteroatoms. The largest absolute Gasteiger partial charge is 0.494 e. The number of hydrogen-bond donors (Lipinski definition) is 1. The van der Waals surface area contributed by atoms with E-state index in [2.05, 4.69) is 5.32 Å². The van der Waals surface area contributed by atoms with Gasteiger partial charge in [-0.05, 0) is 43.3 Å². The number of carbonyl (C=O) groups is 1. The number of hydrogen-bond acceptors (Lipinski definition) is 4. The Morgan fingerprint density at radius 2 is 1.69 bits per heavy atom. The molecule has 26 heavy (non-hydrogen) atoms. The molecule has 0 saturated carbocycles. The zero-order valence-electron chi connectivity index (χ0n) is 13.5. The number of rotatable bonds is 6. The van der Waals surface area contributed by atoms with Crippen molar-refractivity contribution in [3.63, 3.8) is 0 Å². The predicted octanol–water partition coefficient (Wildman–Crippen LogP) is 4.55. The first-order valence-corrected chi connectivity index (χ1v) is 9.98. The summed E-state index contributed by atoms with van der Waals surface area (Å²) in [6.45, 7) is 2.25. The maximum absolute atomic E-state index is 12.8. The minimum absolute atomic E-state index is 0.0862. The summed E-state index contributed by atoms with van der Waals surface area (Å²) in [5.41, 5.74) is 0.0862. The van der Waals surface area contributed by atoms with Crippen molar-refractivity contribution in [1.29, 1.82) is 0 Å². The van der Waals surface area contributed by atoms with Gasteiger partial charge in [-0.15, -0.1) is 0 Å². The van der Waals surface area contributed by atoms with E-state index in [0.29, 0.717) is 12.4 Å². The number of ether oxygens (including phenoxy) is 1. The summed E-state index contributed by atoms with van der Waals surface area (Å²) in [4.78, 5) is 12.3. The highest BCUT2D eigenvalue weighted by molar-refractivity contribution is 7.95. The monoisotopic (exact) mass is 433 g/mol. The molecule has 0 bridgehead atoms. The Labute approximate surface area is 166 Å². The summed E-state index contributed by atoms with van der Waals surface area (Å²) >= 11 is 17.4. The number of sulfone groups is 1. The van der Waals surface area contributed by atoms with Crippen molar-refractivity contribution in [2.24, 2.45) is 0 Å². The predicted molar refractivity (Wildman–Crippen MR) is 102 cm³/mol. The molecule has 0 aliphatic rings. The van der Waals surface area contributed by atoms with Crippen LogP contribution < -0.4 is 10.1 Å². The van der Waals surface area contributed by atoms with E-state index in [9.17, 15) is 13.2 Å². The maximum atomic E-state index is 12.8. The molecule has 0 atom stereocenters. The van der Waals surface area contributed by atoms with E-state index in [0.717, 1.165) is 0 Å². The molecule has 0 saturated heterocycles. The van der Waals surface area contributed by atoms with Crippen molar-refractivity contribution in [3.8, 4) is 5.75 Å². The average Bonchev–Trinajstić information content (AvgIpc) is 2.60. The SMILES string of the molecule is CCOc1ccc(S(=O)(=O)C(NC(=O)c2ccccc2Cl)=C(Cl)Cl)cc1. The van der Waals surface area contributed by atoms with Crippen LogP contribution in [0.2, 0.25) is 5.02 Å². The van der Waals surface area contributed by atoms with Crippen molar-refractivity contribution in [2.45, 2.75) is 11.8 Å². The second kappa shape index (κ2) is 8.77. The lowest BCUT2D eigenvalue weighted by molar-refractivity contribution is 0.0968. The second-order valence-corrected chi connectivity index (χ2v) is 8.17. The fraction of sp³-hybridized carbons (Fsp3) is 0.118. The third kappa shape index (κ3) is 4.71. The summed E-state index contributed by atoms with van der Waals surface area (Å²) in [5.74, 6) is -0.243. The zero-order valence-corrected chi connectivity index (χ0v) is 16.6. The van der Waals surface area contributed by atoms with Crippen LogP contribution in [-0.4, -0.2) is 20.9 Å². The van der Waals surface area contributed by atoms with Gasteiger partial charge in [0, 0.05) is 0 Å². The number of nitrogens with one attached hydrogen (secondary N) is 1. The normalized spacial score (nSPS) is 10.9. The third-order valence-electron chi connectivity index (χ3n) is 3.23. The minimum atomic E-state index is -4.16. The molecule has 1 amide bonds. The smallest absolute Gasteiger partial charge is 0.257 e. The first-order chi connectivity index (χ1) is 12.3. The van der Waals surface area contributed by atoms with Crippen molar-refractivity contribution >= 4 is 50.5 Å². The lowest BCUT2D eigenvalue weighted by atomic mass is 10.2. The van der Waals surface area contributed by atoms with Gasteiger partial charge in [0.1, 0.15) is 10.2 Å². The van der Waals surface area contributed by atoms with Crippen molar-refractivity contribution < 1.29 is 17.9 Å². The Bertz CT molecular complexity index is 937. The Morgan fingerprint density at radius 3 is 2.23 bits per heavy atom. The minimum Gasteiger partial charge on any atom is -0.494 e. The highest BCUT2D eigenvalue weighted by atomic mass is 35.5. The Morgan fingerprint density at radius 1 is 1.08 bits per heavy atom. The van der Waals surface area contributed by atoms with Gasteiger partial charge in [-0.2, -0.15) is 0 Å². The van der Waals surface area contributed by atoms with Gasteiger partial charge in [-0.25, -0.2) is 8.42 Å². The van der Waals surface area contributed by atoms with Crippen LogP contribution in [0.1, 0.15) is 17.3 Å². The fourth-order valence-corrected chi connectivity index (χ4v) is 4.12. The highest BCUT2D eigenvalue weighted by Gasteiger charge is 2.26. The quantitative estimate of drug-likeness (QED) is 0.724. The topological polar surface area (TPSA) is 72.5 Å². The van der Waals surface area contributed by atoms with Gasteiger partial charge in [-0.1, -0.05) is 46.9 Å². The van der Waals surface area contributed by atoms with Crippen LogP contribution >= 0.6 is 34.8 Å². The van der Waals surface area contributed by atoms with Gasteiger partial charge >= 0.3 is 0 Å². The molecule has 0 unspecified atom stereocenters. The van der Waals surface area contributed by atoms with Gasteiger partial charge < -0.3 is 10.1 Å². The van der Waals surface area contributed by atoms with E-state index in [1.54, 1.807) is 12.1 Å². The standard InChI is InChI=1S/C17H14Cl3NO4S/c1-2-25-11-7-9-12(10-8-11)26(23,24)17(15(19)20)21-16(22)13-5-3-4-6-14(13)18/h3-10H,2H2,1H3,(H,21,22). The lowest BCUT2D eigenvalue weighted by Crippen LogP contribution is -2.28. The fourth-order valence-electron chi connectivity index (χ4n) is 2.03. The first-order valence-electron chi connectivity index (χ1n) is 7.36. The van der Waals surface area contributed by atoms with Crippen LogP contribution in [0.25, 0.3) is 0 Å². The molecule has 2 rings (SSSR count). The van der Waals surface area contributed by atoms with Crippen molar-refractivity contribution in [3.05, 3.63) is 68.6 Å². The number of amides is 1. The second-order valence-electron chi connectivity index (χ2n) is 4.93. The first kappa shape index (κ1) is 20.6. The van der Waals surface area contributed by atoms with Crippen LogP contribution in [-0.2, 0) is 9.84 Å². The lowest BCUT2D eigenvalue weighted by Gasteiger charge is -2.12. The van der Waals surface area contributed by atoms with E-state index in [4.69, 9.17) is 39.5 Å². The van der Waals surface area contributed by atoms with Crippen LogP contribution in [0, 0.1) is 0 Å². The number of halogens is 3. The highest BCUT2D eigenvalue weighted by Crippen LogP contribution is 2.26. The summed E-state index contributed by atoms with van der Waals surface area (Å²) in [5, 5.41) is 1.76. The Balaban J connectivity index is 2.36. The number of benzene rings is 2. The van der Waals surface area contributed by atoms with E-state index in [1.165, 1.54) is 36.4 Å². The van der Waals surface area contributed by atoms with E-state index in [-0.39, 0.29) is 15.5 Å². The number of carbonyl (C=O) groups excluding carboxylic acids is 1. The van der Waals surface area contributed by atoms with Gasteiger partial charge in [0.05, 0.1) is 22.1 Å². The van der Waals surface area contributed by atoms with Crippen LogP contribution in [0.5, 0.6) is 5.75 Å². The van der Waals surface area contributed by atoms with E-state index < -0.39 is 25.3 Å². The molecule has 1 N–H and O–H groups in total. The molecule has 2 aromatic carbocycles. The third-order valence-corrected chi connectivity index (χ3v) is 5.90. The van der Waals surface area contributed by atoms with Crippen molar-refractivity contribution in [2.75, 3.05) is 6.61 Å². The molecule has 0 radical (unpaired) electrons. The zero-order chi connectivity index (χ0) is 19.3. The average molecular weight is 435 g/mol. The van der Waals surface area contributed by atoms with E-state index >= 15 is 0 Å². The molecule has 0 aromatic heterocycles. The maximum Gasteiger partial charge on any atom is 0.257 e. The van der Waals surface area contributed by atoms with Crippen LogP contribution in [0.4, 0.5) is 0 Å². The summed E-state index contributed by atoms with van der Waals surface area (Å²) < 4.78 is 30.2. The summed E-state index contributed by atoms with van der Waals surface area (Å²) in [6.07, 6.45) is 0. The van der Waals surface area contributed by atoms with Gasteiger partial charge in [-0.3, -0.25) is 4.79 Å². The molecular weight excluding hydrogens is 421 g/mol. The Hall–Kier alpha value is -1.73. The van der Waals surface area contributed by atoms with Gasteiger partial charge in [0.2, 0.25) is 9.84 Å². The molecule has 2 aromatic rings. The summed E-state index contributed by atoms with van der Waals surface area (Å²) in [6, 6.07) is 11.8. The molecule has 0 aliphatic heterocycles. The molecule has 0 aliphatic carbocycles. The molecular formula is C17H14Cl3NO4S.